The highest BCUT2D eigenvalue weighted by atomic mass is 32.1. The zero-order valence-electron chi connectivity index (χ0n) is 19.9. The van der Waals surface area contributed by atoms with Gasteiger partial charge in [-0.15, -0.1) is 0 Å². The van der Waals surface area contributed by atoms with Crippen molar-refractivity contribution < 1.29 is 14.4 Å². The van der Waals surface area contributed by atoms with E-state index in [2.05, 4.69) is 9.69 Å². The van der Waals surface area contributed by atoms with Gasteiger partial charge in [-0.2, -0.15) is 4.37 Å². The molecule has 34 heavy (non-hydrogen) atoms. The van der Waals surface area contributed by atoms with E-state index in [1.807, 2.05) is 77.1 Å². The number of hydrogen-bond donors (Lipinski definition) is 3. The minimum absolute atomic E-state index is 0.0379. The van der Waals surface area contributed by atoms with E-state index in [0.717, 1.165) is 22.7 Å². The minimum atomic E-state index is -1.01. The van der Waals surface area contributed by atoms with Crippen molar-refractivity contribution in [2.75, 3.05) is 10.6 Å². The monoisotopic (exact) mass is 479 g/mol. The van der Waals surface area contributed by atoms with E-state index in [-0.39, 0.29) is 22.2 Å². The summed E-state index contributed by atoms with van der Waals surface area (Å²) in [5, 5.41) is 2.99. The number of nitrogens with two attached hydrogens (primary N) is 2. The smallest absolute Gasteiger partial charge is 0.273 e. The minimum Gasteiger partial charge on any atom is -0.395 e. The summed E-state index contributed by atoms with van der Waals surface area (Å²) in [5.41, 5.74) is 13.7. The second kappa shape index (κ2) is 9.64. The molecule has 1 atom stereocenters. The third-order valence-electron chi connectivity index (χ3n) is 5.05. The second-order valence-corrected chi connectivity index (χ2v) is 9.98. The van der Waals surface area contributed by atoms with E-state index in [9.17, 15) is 14.4 Å². The molecule has 2 aromatic carbocycles. The molecule has 0 saturated heterocycles. The van der Waals surface area contributed by atoms with Crippen molar-refractivity contribution in [3.8, 4) is 0 Å². The van der Waals surface area contributed by atoms with Crippen molar-refractivity contribution in [1.29, 1.82) is 0 Å². The number of nitrogens with zero attached hydrogens (tertiary/aromatic N) is 2. The van der Waals surface area contributed by atoms with Crippen LogP contribution in [-0.4, -0.2) is 27.6 Å². The summed E-state index contributed by atoms with van der Waals surface area (Å²) in [5.74, 6) is -1.73. The standard InChI is InChI=1S/C25H29N5O3S/c1-14-9-11-16(12-10-14)20(23(32)28-25(3,4)5)30(17-8-6-7-15(2)13-17)24(33)21-18(26)19(22(27)31)29-34-21/h6-13,20H,26H2,1-5H3,(H2,27,31)(H,28,32)/t20-/m0/s1. The Morgan fingerprint density at radius 1 is 1.03 bits per heavy atom. The lowest BCUT2D eigenvalue weighted by Gasteiger charge is -2.33. The number of aromatic nitrogens is 1. The van der Waals surface area contributed by atoms with Crippen LogP contribution >= 0.6 is 11.5 Å². The van der Waals surface area contributed by atoms with E-state index >= 15 is 0 Å². The summed E-state index contributed by atoms with van der Waals surface area (Å²) in [6, 6.07) is 13.7. The van der Waals surface area contributed by atoms with Crippen LogP contribution in [0.3, 0.4) is 0 Å². The van der Waals surface area contributed by atoms with Crippen molar-refractivity contribution in [2.45, 2.75) is 46.2 Å². The van der Waals surface area contributed by atoms with Gasteiger partial charge in [0.05, 0.1) is 5.69 Å². The maximum absolute atomic E-state index is 13.9. The summed E-state index contributed by atoms with van der Waals surface area (Å²) in [4.78, 5) is 40.7. The van der Waals surface area contributed by atoms with Gasteiger partial charge in [-0.3, -0.25) is 19.3 Å². The van der Waals surface area contributed by atoms with Crippen LogP contribution in [0, 0.1) is 13.8 Å². The molecule has 1 heterocycles. The zero-order chi connectivity index (χ0) is 25.2. The number of nitrogens with one attached hydrogen (secondary N) is 1. The maximum atomic E-state index is 13.9. The number of aryl methyl sites for hydroxylation is 2. The summed E-state index contributed by atoms with van der Waals surface area (Å²) in [6.45, 7) is 9.46. The highest BCUT2D eigenvalue weighted by Gasteiger charge is 2.37. The molecule has 9 heteroatoms. The Hall–Kier alpha value is -3.72. The molecule has 3 rings (SSSR count). The number of amides is 3. The molecule has 0 spiro atoms. The molecule has 0 aliphatic heterocycles. The summed E-state index contributed by atoms with van der Waals surface area (Å²) < 4.78 is 3.97. The van der Waals surface area contributed by atoms with Crippen molar-refractivity contribution >= 4 is 40.6 Å². The lowest BCUT2D eigenvalue weighted by molar-refractivity contribution is -0.123. The highest BCUT2D eigenvalue weighted by molar-refractivity contribution is 7.09. The molecule has 0 radical (unpaired) electrons. The van der Waals surface area contributed by atoms with E-state index in [4.69, 9.17) is 11.5 Å². The number of carbonyl (C=O) groups is 3. The van der Waals surface area contributed by atoms with Gasteiger partial charge < -0.3 is 16.8 Å². The molecule has 0 unspecified atom stereocenters. The molecule has 178 valence electrons. The first kappa shape index (κ1) is 24.9. The van der Waals surface area contributed by atoms with Crippen LogP contribution < -0.4 is 21.7 Å². The van der Waals surface area contributed by atoms with Crippen LogP contribution in [0.25, 0.3) is 0 Å². The number of carbonyl (C=O) groups excluding carboxylic acids is 3. The Balaban J connectivity index is 2.24. The first-order valence-corrected chi connectivity index (χ1v) is 11.5. The summed E-state index contributed by atoms with van der Waals surface area (Å²) >= 11 is 0.781. The molecule has 3 aromatic rings. The normalized spacial score (nSPS) is 12.1. The van der Waals surface area contributed by atoms with Crippen LogP contribution in [0.4, 0.5) is 11.4 Å². The lowest BCUT2D eigenvalue weighted by Crippen LogP contribution is -2.49. The van der Waals surface area contributed by atoms with Crippen molar-refractivity contribution in [2.24, 2.45) is 5.73 Å². The Kier molecular flexibility index (Phi) is 7.07. The Labute approximate surface area is 203 Å². The molecule has 8 nitrogen and oxygen atoms in total. The summed E-state index contributed by atoms with van der Waals surface area (Å²) in [6.07, 6.45) is 0. The van der Waals surface area contributed by atoms with Crippen LogP contribution in [0.15, 0.2) is 48.5 Å². The van der Waals surface area contributed by atoms with Crippen molar-refractivity contribution in [3.05, 3.63) is 75.8 Å². The quantitative estimate of drug-likeness (QED) is 0.495. The molecule has 0 bridgehead atoms. The Morgan fingerprint density at radius 3 is 2.21 bits per heavy atom. The van der Waals surface area contributed by atoms with Gasteiger partial charge in [0.1, 0.15) is 10.9 Å². The van der Waals surface area contributed by atoms with E-state index < -0.39 is 23.4 Å². The lowest BCUT2D eigenvalue weighted by atomic mass is 9.99. The molecular formula is C25H29N5O3S. The average Bonchev–Trinajstić information content (AvgIpc) is 3.12. The summed E-state index contributed by atoms with van der Waals surface area (Å²) in [7, 11) is 0. The third kappa shape index (κ3) is 5.43. The number of anilines is 2. The Bertz CT molecular complexity index is 1230. The first-order valence-electron chi connectivity index (χ1n) is 10.7. The SMILES string of the molecule is Cc1ccc([C@@H](C(=O)NC(C)(C)C)N(C(=O)c2snc(C(N)=O)c2N)c2cccc(C)c2)cc1. The molecule has 5 N–H and O–H groups in total. The zero-order valence-corrected chi connectivity index (χ0v) is 20.7. The van der Waals surface area contributed by atoms with Gasteiger partial charge in [0, 0.05) is 11.2 Å². The van der Waals surface area contributed by atoms with Crippen molar-refractivity contribution in [1.82, 2.24) is 9.69 Å². The maximum Gasteiger partial charge on any atom is 0.273 e. The molecule has 0 fully saturated rings. The van der Waals surface area contributed by atoms with Gasteiger partial charge >= 0.3 is 0 Å². The predicted molar refractivity (Wildman–Crippen MR) is 135 cm³/mol. The van der Waals surface area contributed by atoms with Crippen molar-refractivity contribution in [3.63, 3.8) is 0 Å². The molecule has 1 aromatic heterocycles. The topological polar surface area (TPSA) is 131 Å². The third-order valence-corrected chi connectivity index (χ3v) is 5.90. The van der Waals surface area contributed by atoms with Gasteiger partial charge in [-0.25, -0.2) is 0 Å². The molecular weight excluding hydrogens is 450 g/mol. The molecule has 0 saturated carbocycles. The van der Waals surface area contributed by atoms with Crippen LogP contribution in [-0.2, 0) is 4.79 Å². The van der Waals surface area contributed by atoms with Gasteiger partial charge in [-0.1, -0.05) is 42.0 Å². The van der Waals surface area contributed by atoms with E-state index in [0.29, 0.717) is 11.3 Å². The second-order valence-electron chi connectivity index (χ2n) is 9.20. The van der Waals surface area contributed by atoms with E-state index in [1.54, 1.807) is 6.07 Å². The number of primary amides is 1. The number of hydrogen-bond acceptors (Lipinski definition) is 6. The van der Waals surface area contributed by atoms with Gasteiger partial charge in [-0.05, 0) is 69.4 Å². The fourth-order valence-electron chi connectivity index (χ4n) is 3.50. The van der Waals surface area contributed by atoms with Crippen LogP contribution in [0.2, 0.25) is 0 Å². The molecule has 3 amide bonds. The number of nitrogen functional groups attached to an aromatic ring is 1. The van der Waals surface area contributed by atoms with E-state index in [1.165, 1.54) is 4.90 Å². The fourth-order valence-corrected chi connectivity index (χ4v) is 4.25. The Morgan fingerprint density at radius 2 is 1.68 bits per heavy atom. The number of rotatable bonds is 6. The average molecular weight is 480 g/mol. The fraction of sp³-hybridized carbons (Fsp3) is 0.280. The van der Waals surface area contributed by atoms with Gasteiger partial charge in [0.25, 0.3) is 11.8 Å². The predicted octanol–water partition coefficient (Wildman–Crippen LogP) is 3.74. The molecule has 0 aliphatic rings. The van der Waals surface area contributed by atoms with Gasteiger partial charge in [0.2, 0.25) is 5.91 Å². The highest BCUT2D eigenvalue weighted by Crippen LogP contribution is 2.34. The first-order chi connectivity index (χ1) is 15.9. The largest absolute Gasteiger partial charge is 0.395 e. The van der Waals surface area contributed by atoms with Crippen LogP contribution in [0.5, 0.6) is 0 Å². The van der Waals surface area contributed by atoms with Crippen LogP contribution in [0.1, 0.15) is 63.7 Å². The molecule has 0 aliphatic carbocycles. The number of benzene rings is 2. The van der Waals surface area contributed by atoms with Gasteiger partial charge in [0.15, 0.2) is 5.69 Å².